The summed E-state index contributed by atoms with van der Waals surface area (Å²) in [7, 11) is 0. The van der Waals surface area contributed by atoms with E-state index in [0.717, 1.165) is 6.42 Å². The molecule has 1 heteroatoms. The van der Waals surface area contributed by atoms with Gasteiger partial charge in [-0.2, -0.15) is 0 Å². The van der Waals surface area contributed by atoms with Gasteiger partial charge in [0.05, 0.1) is 0 Å². The molecule has 0 heterocycles. The lowest BCUT2D eigenvalue weighted by Gasteiger charge is -1.91. The summed E-state index contributed by atoms with van der Waals surface area (Å²) >= 11 is 0. The molecule has 0 aliphatic rings. The van der Waals surface area contributed by atoms with Crippen molar-refractivity contribution in [3.05, 3.63) is 6.92 Å². The Morgan fingerprint density at radius 2 is 2.43 bits per heavy atom. The summed E-state index contributed by atoms with van der Waals surface area (Å²) in [5, 5.41) is 0. The van der Waals surface area contributed by atoms with Gasteiger partial charge in [-0.05, 0) is 6.42 Å². The first kappa shape index (κ1) is 6.52. The van der Waals surface area contributed by atoms with Crippen LogP contribution in [0.15, 0.2) is 0 Å². The molecule has 0 N–H and O–H groups in total. The summed E-state index contributed by atoms with van der Waals surface area (Å²) in [5.74, 6) is 2.35. The van der Waals surface area contributed by atoms with E-state index in [1.54, 1.807) is 0 Å². The highest BCUT2D eigenvalue weighted by Crippen LogP contribution is 1.75. The molecule has 0 fully saturated rings. The second-order valence-corrected chi connectivity index (χ2v) is 1.11. The minimum Gasteiger partial charge on any atom is -0.369 e. The summed E-state index contributed by atoms with van der Waals surface area (Å²) < 4.78 is 4.83. The van der Waals surface area contributed by atoms with Crippen LogP contribution in [0.4, 0.5) is 0 Å². The van der Waals surface area contributed by atoms with Crippen molar-refractivity contribution < 1.29 is 4.74 Å². The van der Waals surface area contributed by atoms with Crippen LogP contribution in [0.2, 0.25) is 0 Å². The fraction of sp³-hybridized carbons (Fsp3) is 0.500. The van der Waals surface area contributed by atoms with Gasteiger partial charge in [-0.15, -0.1) is 6.42 Å². The fourth-order valence-electron chi connectivity index (χ4n) is 0.233. The molecule has 0 aromatic carbocycles. The maximum atomic E-state index is 4.87. The van der Waals surface area contributed by atoms with Crippen LogP contribution in [0.25, 0.3) is 0 Å². The van der Waals surface area contributed by atoms with Gasteiger partial charge in [0.1, 0.15) is 6.61 Å². The molecule has 0 unspecified atom stereocenters. The van der Waals surface area contributed by atoms with Crippen LogP contribution in [0.5, 0.6) is 0 Å². The summed E-state index contributed by atoms with van der Waals surface area (Å²) in [4.78, 5) is 0. The third-order valence-corrected chi connectivity index (χ3v) is 0.474. The average molecular weight is 97.1 g/mol. The molecule has 0 aliphatic carbocycles. The molecule has 0 saturated carbocycles. The lowest BCUT2D eigenvalue weighted by atomic mass is 10.5. The van der Waals surface area contributed by atoms with Crippen molar-refractivity contribution in [1.29, 1.82) is 0 Å². The molecule has 0 rings (SSSR count). The Kier molecular flexibility index (Phi) is 5.14. The first-order chi connectivity index (χ1) is 3.41. The van der Waals surface area contributed by atoms with Gasteiger partial charge in [0.25, 0.3) is 0 Å². The van der Waals surface area contributed by atoms with Gasteiger partial charge in [0.2, 0.25) is 0 Å². The monoisotopic (exact) mass is 97.1 g/mol. The van der Waals surface area contributed by atoms with E-state index in [-0.39, 0.29) is 0 Å². The molecule has 0 spiro atoms. The molecule has 0 amide bonds. The Morgan fingerprint density at radius 1 is 1.71 bits per heavy atom. The summed E-state index contributed by atoms with van der Waals surface area (Å²) in [6.45, 7) is 4.65. The first-order valence-electron chi connectivity index (χ1n) is 2.22. The molecule has 0 bridgehead atoms. The number of rotatable bonds is 3. The molecular weight excluding hydrogens is 88.1 g/mol. The fourth-order valence-corrected chi connectivity index (χ4v) is 0.233. The van der Waals surface area contributed by atoms with Gasteiger partial charge >= 0.3 is 0 Å². The van der Waals surface area contributed by atoms with Crippen LogP contribution in [0.3, 0.4) is 0 Å². The molecule has 39 valence electrons. The van der Waals surface area contributed by atoms with E-state index in [1.165, 1.54) is 0 Å². The lowest BCUT2D eigenvalue weighted by Crippen LogP contribution is -1.90. The predicted molar refractivity (Wildman–Crippen MR) is 29.6 cm³/mol. The summed E-state index contributed by atoms with van der Waals surface area (Å²) in [5.41, 5.74) is 0. The SMILES string of the molecule is C#CCOCC[CH2]. The molecule has 0 aromatic rings. The van der Waals surface area contributed by atoms with Crippen molar-refractivity contribution in [3.63, 3.8) is 0 Å². The molecule has 0 atom stereocenters. The third kappa shape index (κ3) is 5.52. The minimum atomic E-state index is 0.412. The number of hydrogen-bond donors (Lipinski definition) is 0. The molecule has 0 aliphatic heterocycles. The third-order valence-electron chi connectivity index (χ3n) is 0.474. The second-order valence-electron chi connectivity index (χ2n) is 1.11. The Labute approximate surface area is 44.7 Å². The maximum Gasteiger partial charge on any atom is 0.107 e. The number of terminal acetylenes is 1. The van der Waals surface area contributed by atoms with Crippen LogP contribution in [-0.2, 0) is 4.74 Å². The van der Waals surface area contributed by atoms with Gasteiger partial charge < -0.3 is 4.74 Å². The Balaban J connectivity index is 2.60. The van der Waals surface area contributed by atoms with E-state index in [2.05, 4.69) is 12.8 Å². The van der Waals surface area contributed by atoms with Gasteiger partial charge in [-0.3, -0.25) is 0 Å². The molecule has 0 saturated heterocycles. The van der Waals surface area contributed by atoms with Gasteiger partial charge in [-0.1, -0.05) is 12.8 Å². The van der Waals surface area contributed by atoms with Crippen molar-refractivity contribution in [2.45, 2.75) is 6.42 Å². The molecule has 0 aromatic heterocycles. The quantitative estimate of drug-likeness (QED) is 0.375. The van der Waals surface area contributed by atoms with E-state index in [9.17, 15) is 0 Å². The van der Waals surface area contributed by atoms with Gasteiger partial charge in [0.15, 0.2) is 0 Å². The van der Waals surface area contributed by atoms with E-state index in [0.29, 0.717) is 13.2 Å². The lowest BCUT2D eigenvalue weighted by molar-refractivity contribution is 0.172. The first-order valence-corrected chi connectivity index (χ1v) is 2.22. The van der Waals surface area contributed by atoms with Crippen molar-refractivity contribution in [2.24, 2.45) is 0 Å². The van der Waals surface area contributed by atoms with Crippen molar-refractivity contribution in [2.75, 3.05) is 13.2 Å². The minimum absolute atomic E-state index is 0.412. The molecule has 1 nitrogen and oxygen atoms in total. The summed E-state index contributed by atoms with van der Waals surface area (Å²) in [6, 6.07) is 0. The molecular formula is C6H9O. The van der Waals surface area contributed by atoms with Crippen LogP contribution in [0, 0.1) is 19.3 Å². The average Bonchev–Trinajstić information content (AvgIpc) is 1.69. The van der Waals surface area contributed by atoms with Crippen LogP contribution < -0.4 is 0 Å². The molecule has 1 radical (unpaired) electrons. The Morgan fingerprint density at radius 3 is 2.86 bits per heavy atom. The Hall–Kier alpha value is -0.480. The zero-order valence-electron chi connectivity index (χ0n) is 4.31. The smallest absolute Gasteiger partial charge is 0.107 e. The standard InChI is InChI=1S/C6H9O/c1-3-5-7-6-4-2/h1H,2,4-6H2. The highest BCUT2D eigenvalue weighted by Gasteiger charge is 1.75. The zero-order valence-corrected chi connectivity index (χ0v) is 4.31. The van der Waals surface area contributed by atoms with Gasteiger partial charge in [-0.25, -0.2) is 0 Å². The molecule has 7 heavy (non-hydrogen) atoms. The van der Waals surface area contributed by atoms with Crippen LogP contribution >= 0.6 is 0 Å². The maximum absolute atomic E-state index is 4.87. The largest absolute Gasteiger partial charge is 0.369 e. The van der Waals surface area contributed by atoms with Crippen molar-refractivity contribution in [1.82, 2.24) is 0 Å². The topological polar surface area (TPSA) is 9.23 Å². The van der Waals surface area contributed by atoms with Crippen LogP contribution in [-0.4, -0.2) is 13.2 Å². The normalized spacial score (nSPS) is 8.00. The number of ether oxygens (including phenoxy) is 1. The number of hydrogen-bond acceptors (Lipinski definition) is 1. The van der Waals surface area contributed by atoms with E-state index >= 15 is 0 Å². The summed E-state index contributed by atoms with van der Waals surface area (Å²) in [6.07, 6.45) is 5.67. The highest BCUT2D eigenvalue weighted by atomic mass is 16.5. The zero-order chi connectivity index (χ0) is 5.54. The predicted octanol–water partition coefficient (Wildman–Crippen LogP) is 0.860. The van der Waals surface area contributed by atoms with E-state index < -0.39 is 0 Å². The van der Waals surface area contributed by atoms with Crippen molar-refractivity contribution >= 4 is 0 Å². The van der Waals surface area contributed by atoms with E-state index in [4.69, 9.17) is 11.2 Å². The highest BCUT2D eigenvalue weighted by molar-refractivity contribution is 4.82. The second kappa shape index (κ2) is 5.52. The van der Waals surface area contributed by atoms with Crippen molar-refractivity contribution in [3.8, 4) is 12.3 Å². The van der Waals surface area contributed by atoms with E-state index in [1.807, 2.05) is 0 Å². The van der Waals surface area contributed by atoms with Crippen LogP contribution in [0.1, 0.15) is 6.42 Å². The Bertz CT molecular complexity index is 61.1. The van der Waals surface area contributed by atoms with Gasteiger partial charge in [0, 0.05) is 6.61 Å².